The first kappa shape index (κ1) is 15.0. The van der Waals surface area contributed by atoms with Gasteiger partial charge in [0.25, 0.3) is 0 Å². The molecular formula is C14H25NO3. The topological polar surface area (TPSA) is 57.6 Å². The summed E-state index contributed by atoms with van der Waals surface area (Å²) in [7, 11) is 0. The smallest absolute Gasteiger partial charge is 0.323 e. The number of hydrogen-bond donors (Lipinski definition) is 1. The molecule has 0 aromatic heterocycles. The van der Waals surface area contributed by atoms with Crippen LogP contribution in [0.25, 0.3) is 0 Å². The molecule has 1 saturated carbocycles. The molecular weight excluding hydrogens is 230 g/mol. The molecule has 1 aliphatic rings. The van der Waals surface area contributed by atoms with E-state index in [1.54, 1.807) is 0 Å². The van der Waals surface area contributed by atoms with Crippen molar-refractivity contribution in [3.05, 3.63) is 0 Å². The van der Waals surface area contributed by atoms with Crippen molar-refractivity contribution in [1.82, 2.24) is 4.90 Å². The van der Waals surface area contributed by atoms with Gasteiger partial charge in [0.05, 0.1) is 0 Å². The predicted molar refractivity (Wildman–Crippen MR) is 70.3 cm³/mol. The number of aliphatic carboxylic acids is 1. The van der Waals surface area contributed by atoms with Gasteiger partial charge in [-0.15, -0.1) is 0 Å². The Morgan fingerprint density at radius 1 is 1.22 bits per heavy atom. The Morgan fingerprint density at radius 3 is 2.06 bits per heavy atom. The molecule has 0 radical (unpaired) electrons. The van der Waals surface area contributed by atoms with E-state index in [1.807, 2.05) is 27.7 Å². The van der Waals surface area contributed by atoms with E-state index >= 15 is 0 Å². The molecule has 0 saturated heterocycles. The van der Waals surface area contributed by atoms with Crippen molar-refractivity contribution in [1.29, 1.82) is 0 Å². The lowest BCUT2D eigenvalue weighted by Gasteiger charge is -2.40. The van der Waals surface area contributed by atoms with Crippen LogP contribution in [0.1, 0.15) is 59.8 Å². The van der Waals surface area contributed by atoms with E-state index < -0.39 is 11.5 Å². The van der Waals surface area contributed by atoms with Gasteiger partial charge in [-0.25, -0.2) is 0 Å². The number of carbonyl (C=O) groups is 2. The largest absolute Gasteiger partial charge is 0.480 e. The summed E-state index contributed by atoms with van der Waals surface area (Å²) >= 11 is 0. The minimum absolute atomic E-state index is 0.0254. The second-order valence-electron chi connectivity index (χ2n) is 6.30. The number of carbonyl (C=O) groups excluding carboxylic acids is 1. The Labute approximate surface area is 109 Å². The van der Waals surface area contributed by atoms with Crippen LogP contribution >= 0.6 is 0 Å². The van der Waals surface area contributed by atoms with Gasteiger partial charge in [-0.3, -0.25) is 9.59 Å². The normalized spacial score (nSPS) is 18.7. The van der Waals surface area contributed by atoms with E-state index in [0.29, 0.717) is 0 Å². The molecule has 1 aliphatic carbocycles. The van der Waals surface area contributed by atoms with Crippen molar-refractivity contribution in [2.45, 2.75) is 65.3 Å². The Hall–Kier alpha value is -1.06. The molecule has 18 heavy (non-hydrogen) atoms. The molecule has 4 heteroatoms. The fourth-order valence-corrected chi connectivity index (χ4v) is 2.81. The van der Waals surface area contributed by atoms with Crippen LogP contribution in [0, 0.1) is 5.41 Å². The zero-order valence-corrected chi connectivity index (χ0v) is 12.0. The summed E-state index contributed by atoms with van der Waals surface area (Å²) in [6.45, 7) is 7.51. The van der Waals surface area contributed by atoms with E-state index in [4.69, 9.17) is 5.11 Å². The summed E-state index contributed by atoms with van der Waals surface area (Å²) in [4.78, 5) is 25.2. The third-order valence-electron chi connectivity index (χ3n) is 4.04. The van der Waals surface area contributed by atoms with Crippen LogP contribution < -0.4 is 0 Å². The standard InChI is InChI=1S/C14H25NO3/c1-5-14(8-6-7-9-14)12(18)15(10-11(16)17)13(2,3)4/h5-10H2,1-4H3,(H,16,17). The third-order valence-corrected chi connectivity index (χ3v) is 4.04. The number of carboxylic acid groups (broad SMARTS) is 1. The van der Waals surface area contributed by atoms with Gasteiger partial charge in [0.2, 0.25) is 5.91 Å². The van der Waals surface area contributed by atoms with Crippen molar-refractivity contribution in [2.75, 3.05) is 6.54 Å². The van der Waals surface area contributed by atoms with Gasteiger partial charge in [-0.2, -0.15) is 0 Å². The van der Waals surface area contributed by atoms with Gasteiger partial charge >= 0.3 is 5.97 Å². The van der Waals surface area contributed by atoms with Gasteiger partial charge in [-0.1, -0.05) is 19.8 Å². The quantitative estimate of drug-likeness (QED) is 0.840. The van der Waals surface area contributed by atoms with Gasteiger partial charge in [-0.05, 0) is 40.0 Å². The SMILES string of the molecule is CCC1(C(=O)N(CC(=O)O)C(C)(C)C)CCCC1. The van der Waals surface area contributed by atoms with E-state index in [2.05, 4.69) is 0 Å². The van der Waals surface area contributed by atoms with E-state index in [9.17, 15) is 9.59 Å². The maximum absolute atomic E-state index is 12.7. The van der Waals surface area contributed by atoms with Gasteiger partial charge in [0, 0.05) is 11.0 Å². The maximum atomic E-state index is 12.7. The highest BCUT2D eigenvalue weighted by Crippen LogP contribution is 2.43. The Kier molecular flexibility index (Phi) is 4.41. The molecule has 0 aromatic carbocycles. The van der Waals surface area contributed by atoms with Crippen molar-refractivity contribution in [3.63, 3.8) is 0 Å². The molecule has 4 nitrogen and oxygen atoms in total. The van der Waals surface area contributed by atoms with Crippen LogP contribution in [0.5, 0.6) is 0 Å². The molecule has 1 fully saturated rings. The third kappa shape index (κ3) is 3.03. The lowest BCUT2D eigenvalue weighted by molar-refractivity contribution is -0.155. The minimum Gasteiger partial charge on any atom is -0.480 e. The molecule has 1 amide bonds. The lowest BCUT2D eigenvalue weighted by Crippen LogP contribution is -2.53. The summed E-state index contributed by atoms with van der Waals surface area (Å²) in [5.74, 6) is -0.917. The summed E-state index contributed by atoms with van der Waals surface area (Å²) in [6, 6.07) is 0. The average molecular weight is 255 g/mol. The molecule has 0 bridgehead atoms. The number of hydrogen-bond acceptors (Lipinski definition) is 2. The van der Waals surface area contributed by atoms with Crippen molar-refractivity contribution < 1.29 is 14.7 Å². The van der Waals surface area contributed by atoms with Gasteiger partial charge in [0.15, 0.2) is 0 Å². The lowest BCUT2D eigenvalue weighted by atomic mass is 9.80. The molecule has 0 spiro atoms. The number of carboxylic acids is 1. The number of nitrogens with zero attached hydrogens (tertiary/aromatic N) is 1. The van der Waals surface area contributed by atoms with Gasteiger partial charge in [0.1, 0.15) is 6.54 Å². The van der Waals surface area contributed by atoms with Gasteiger partial charge < -0.3 is 10.0 Å². The highest BCUT2D eigenvalue weighted by Gasteiger charge is 2.44. The van der Waals surface area contributed by atoms with Crippen LogP contribution in [-0.2, 0) is 9.59 Å². The van der Waals surface area contributed by atoms with Crippen LogP contribution in [-0.4, -0.2) is 34.0 Å². The molecule has 0 heterocycles. The van der Waals surface area contributed by atoms with Crippen LogP contribution in [0.15, 0.2) is 0 Å². The Balaban J connectivity index is 2.98. The van der Waals surface area contributed by atoms with Crippen molar-refractivity contribution in [2.24, 2.45) is 5.41 Å². The second-order valence-corrected chi connectivity index (χ2v) is 6.30. The van der Waals surface area contributed by atoms with Crippen LogP contribution in [0.3, 0.4) is 0 Å². The fourth-order valence-electron chi connectivity index (χ4n) is 2.81. The Morgan fingerprint density at radius 2 is 1.72 bits per heavy atom. The highest BCUT2D eigenvalue weighted by molar-refractivity contribution is 5.86. The van der Waals surface area contributed by atoms with Crippen LogP contribution in [0.2, 0.25) is 0 Å². The zero-order valence-electron chi connectivity index (χ0n) is 12.0. The maximum Gasteiger partial charge on any atom is 0.323 e. The summed E-state index contributed by atoms with van der Waals surface area (Å²) in [5, 5.41) is 9.00. The fraction of sp³-hybridized carbons (Fsp3) is 0.857. The zero-order chi connectivity index (χ0) is 14.0. The molecule has 0 unspecified atom stereocenters. The summed E-state index contributed by atoms with van der Waals surface area (Å²) in [5.41, 5.74) is -0.761. The van der Waals surface area contributed by atoms with E-state index in [0.717, 1.165) is 32.1 Å². The van der Waals surface area contributed by atoms with Crippen molar-refractivity contribution in [3.8, 4) is 0 Å². The molecule has 1 rings (SSSR count). The Bertz CT molecular complexity index is 324. The van der Waals surface area contributed by atoms with E-state index in [1.165, 1.54) is 4.90 Å². The number of amides is 1. The van der Waals surface area contributed by atoms with E-state index in [-0.39, 0.29) is 17.9 Å². The molecule has 0 atom stereocenters. The minimum atomic E-state index is -0.942. The summed E-state index contributed by atoms with van der Waals surface area (Å²) in [6.07, 6.45) is 4.75. The molecule has 0 aliphatic heterocycles. The van der Waals surface area contributed by atoms with Crippen molar-refractivity contribution >= 4 is 11.9 Å². The second kappa shape index (κ2) is 5.29. The highest BCUT2D eigenvalue weighted by atomic mass is 16.4. The first-order valence-corrected chi connectivity index (χ1v) is 6.77. The number of rotatable bonds is 4. The average Bonchev–Trinajstić information content (AvgIpc) is 2.73. The monoisotopic (exact) mass is 255 g/mol. The molecule has 0 aromatic rings. The first-order valence-electron chi connectivity index (χ1n) is 6.77. The predicted octanol–water partition coefficient (Wildman–Crippen LogP) is 2.67. The molecule has 104 valence electrons. The molecule has 1 N–H and O–H groups in total. The van der Waals surface area contributed by atoms with Crippen LogP contribution in [0.4, 0.5) is 0 Å². The summed E-state index contributed by atoms with van der Waals surface area (Å²) < 4.78 is 0. The first-order chi connectivity index (χ1) is 8.23.